The van der Waals surface area contributed by atoms with Gasteiger partial charge in [0.1, 0.15) is 10.5 Å². The van der Waals surface area contributed by atoms with E-state index in [1.807, 2.05) is 25.1 Å². The first-order valence-electron chi connectivity index (χ1n) is 10.9. The van der Waals surface area contributed by atoms with E-state index in [0.29, 0.717) is 30.8 Å². The number of thioether (sulfide) groups is 1. The number of hydrogen-bond donors (Lipinski definition) is 2. The number of nitrogens with zero attached hydrogens (tertiary/aromatic N) is 1. The van der Waals surface area contributed by atoms with Crippen LogP contribution < -0.4 is 15.0 Å². The fourth-order valence-corrected chi connectivity index (χ4v) is 5.55. The molecule has 3 rings (SSSR count). The molecule has 0 saturated carbocycles. The third-order valence-corrected chi connectivity index (χ3v) is 7.77. The number of carboxylic acid groups (broad SMARTS) is 1. The molecule has 0 bridgehead atoms. The molecule has 0 spiro atoms. The Balaban J connectivity index is 1.71. The van der Waals surface area contributed by atoms with Gasteiger partial charge >= 0.3 is 18.4 Å². The summed E-state index contributed by atoms with van der Waals surface area (Å²) in [6.45, 7) is 5.49. The molecule has 1 aliphatic carbocycles. The highest BCUT2D eigenvalue weighted by Crippen LogP contribution is 2.39. The van der Waals surface area contributed by atoms with Crippen LogP contribution in [0, 0.1) is 0 Å². The van der Waals surface area contributed by atoms with Crippen LogP contribution in [0.2, 0.25) is 0 Å². The average Bonchev–Trinajstić information content (AvgIpc) is 2.75. The van der Waals surface area contributed by atoms with Crippen molar-refractivity contribution < 1.29 is 32.6 Å². The number of urea groups is 1. The molecule has 2 aromatic rings. The van der Waals surface area contributed by atoms with Gasteiger partial charge in [0.2, 0.25) is 0 Å². The van der Waals surface area contributed by atoms with E-state index >= 15 is 0 Å². The molecule has 190 valence electrons. The van der Waals surface area contributed by atoms with Gasteiger partial charge in [0, 0.05) is 28.5 Å². The van der Waals surface area contributed by atoms with Gasteiger partial charge < -0.3 is 15.2 Å². The fourth-order valence-electron chi connectivity index (χ4n) is 3.77. The maximum absolute atomic E-state index is 12.9. The van der Waals surface area contributed by atoms with Crippen LogP contribution in [0.5, 0.6) is 5.75 Å². The Morgan fingerprint density at radius 3 is 2.37 bits per heavy atom. The highest BCUT2D eigenvalue weighted by atomic mass is 35.5. The Bertz CT molecular complexity index is 1080. The summed E-state index contributed by atoms with van der Waals surface area (Å²) < 4.78 is 39.9. The largest absolute Gasteiger partial charge is 0.573 e. The van der Waals surface area contributed by atoms with Gasteiger partial charge in [0.15, 0.2) is 0 Å². The predicted octanol–water partition coefficient (Wildman–Crippen LogP) is 6.31. The molecular formula is C24H26ClF3N2O4S. The van der Waals surface area contributed by atoms with Gasteiger partial charge in [-0.1, -0.05) is 6.07 Å². The number of fused-ring (bicyclic) bond motifs is 1. The van der Waals surface area contributed by atoms with E-state index in [1.165, 1.54) is 28.8 Å². The second-order valence-corrected chi connectivity index (χ2v) is 11.0. The van der Waals surface area contributed by atoms with Gasteiger partial charge in [-0.2, -0.15) is 0 Å². The quantitative estimate of drug-likeness (QED) is 0.410. The summed E-state index contributed by atoms with van der Waals surface area (Å²) in [6.07, 6.45) is -3.63. The lowest BCUT2D eigenvalue weighted by Crippen LogP contribution is -2.37. The number of nitrogens with one attached hydrogen (secondary N) is 1. The lowest BCUT2D eigenvalue weighted by Gasteiger charge is -2.34. The van der Waals surface area contributed by atoms with Gasteiger partial charge in [-0.15, -0.1) is 36.5 Å². The zero-order valence-electron chi connectivity index (χ0n) is 19.4. The Kier molecular flexibility index (Phi) is 8.16. The summed E-state index contributed by atoms with van der Waals surface area (Å²) >= 11 is 7.97. The number of anilines is 2. The molecule has 0 aliphatic heterocycles. The van der Waals surface area contributed by atoms with Crippen LogP contribution in [0.3, 0.4) is 0 Å². The number of rotatable bonds is 7. The summed E-state index contributed by atoms with van der Waals surface area (Å²) in [4.78, 5) is 25.9. The smallest absolute Gasteiger partial charge is 0.480 e. The van der Waals surface area contributed by atoms with Crippen molar-refractivity contribution in [2.24, 2.45) is 0 Å². The first kappa shape index (κ1) is 27.0. The highest BCUT2D eigenvalue weighted by molar-refractivity contribution is 8.02. The monoisotopic (exact) mass is 530 g/mol. The maximum Gasteiger partial charge on any atom is 0.573 e. The zero-order chi connectivity index (χ0) is 26.0. The molecule has 0 aromatic heterocycles. The number of carbonyl (C=O) groups is 2. The molecular weight excluding hydrogens is 505 g/mol. The summed E-state index contributed by atoms with van der Waals surface area (Å²) in [5, 5.41) is 11.8. The molecule has 2 aromatic carbocycles. The van der Waals surface area contributed by atoms with Gasteiger partial charge in [-0.05, 0) is 81.1 Å². The number of alkyl halides is 4. The molecule has 35 heavy (non-hydrogen) atoms. The normalized spacial score (nSPS) is 17.9. The van der Waals surface area contributed by atoms with Crippen LogP contribution in [0.4, 0.5) is 29.3 Å². The molecule has 2 unspecified atom stereocenters. The Hall–Kier alpha value is -2.59. The lowest BCUT2D eigenvalue weighted by molar-refractivity contribution is -0.274. The van der Waals surface area contributed by atoms with Crippen LogP contribution in [-0.4, -0.2) is 45.4 Å². The Labute approximate surface area is 210 Å². The molecule has 0 fully saturated rings. The summed E-state index contributed by atoms with van der Waals surface area (Å²) in [7, 11) is 0. The average molecular weight is 531 g/mol. The standard InChI is InChI=1S/C24H26ClF3N2O4S/c1-4-30(22(33)29-16-6-9-18(10-7-16)34-24(26,27)28)17-8-5-14-13-20(19(25)12-15(14)11-17)35-23(2,3)21(31)32/h5-11,19-20H,4,12-13H2,1-3H3,(H,29,33)(H,31,32). The molecule has 6 nitrogen and oxygen atoms in total. The number of ether oxygens (including phenoxy) is 1. The molecule has 2 atom stereocenters. The lowest BCUT2D eigenvalue weighted by atomic mass is 9.90. The highest BCUT2D eigenvalue weighted by Gasteiger charge is 2.37. The van der Waals surface area contributed by atoms with Gasteiger partial charge in [-0.3, -0.25) is 9.69 Å². The molecule has 2 amide bonds. The third-order valence-electron chi connectivity index (χ3n) is 5.60. The van der Waals surface area contributed by atoms with E-state index in [2.05, 4.69) is 10.1 Å². The number of carbonyl (C=O) groups excluding carboxylic acids is 1. The maximum atomic E-state index is 12.9. The SMILES string of the molecule is CCN(C(=O)Nc1ccc(OC(F)(F)F)cc1)c1ccc2c(c1)CC(Cl)C(SC(C)(C)C(=O)O)C2. The predicted molar refractivity (Wildman–Crippen MR) is 132 cm³/mol. The van der Waals surface area contributed by atoms with E-state index in [9.17, 15) is 27.9 Å². The Morgan fingerprint density at radius 1 is 1.14 bits per heavy atom. The minimum atomic E-state index is -4.79. The zero-order valence-corrected chi connectivity index (χ0v) is 20.9. The van der Waals surface area contributed by atoms with Gasteiger partial charge in [0.25, 0.3) is 0 Å². The van der Waals surface area contributed by atoms with Crippen LogP contribution in [0.25, 0.3) is 0 Å². The van der Waals surface area contributed by atoms with E-state index < -0.39 is 23.1 Å². The number of amides is 2. The summed E-state index contributed by atoms with van der Waals surface area (Å²) in [5.74, 6) is -1.27. The second kappa shape index (κ2) is 10.6. The van der Waals surface area contributed by atoms with Crippen LogP contribution in [0.1, 0.15) is 31.9 Å². The molecule has 1 aliphatic rings. The van der Waals surface area contributed by atoms with Gasteiger partial charge in [0.05, 0.1) is 0 Å². The first-order chi connectivity index (χ1) is 16.3. The van der Waals surface area contributed by atoms with Crippen molar-refractivity contribution in [1.82, 2.24) is 0 Å². The minimum Gasteiger partial charge on any atom is -0.480 e. The minimum absolute atomic E-state index is 0.0593. The van der Waals surface area contributed by atoms with E-state index in [1.54, 1.807) is 13.8 Å². The van der Waals surface area contributed by atoms with Crippen LogP contribution >= 0.6 is 23.4 Å². The topological polar surface area (TPSA) is 78.9 Å². The van der Waals surface area contributed by atoms with Crippen molar-refractivity contribution in [2.45, 2.75) is 55.3 Å². The first-order valence-corrected chi connectivity index (χ1v) is 12.2. The van der Waals surface area contributed by atoms with Crippen LogP contribution in [-0.2, 0) is 17.6 Å². The van der Waals surface area contributed by atoms with Crippen molar-refractivity contribution in [3.63, 3.8) is 0 Å². The number of halogens is 4. The number of carboxylic acids is 1. The number of benzene rings is 2. The third kappa shape index (κ3) is 6.98. The van der Waals surface area contributed by atoms with Crippen molar-refractivity contribution in [1.29, 1.82) is 0 Å². The van der Waals surface area contributed by atoms with E-state index in [4.69, 9.17) is 11.6 Å². The second-order valence-electron chi connectivity index (χ2n) is 8.60. The van der Waals surface area contributed by atoms with Crippen LogP contribution in [0.15, 0.2) is 42.5 Å². The van der Waals surface area contributed by atoms with Crippen molar-refractivity contribution in [2.75, 3.05) is 16.8 Å². The van der Waals surface area contributed by atoms with Crippen molar-refractivity contribution in [3.8, 4) is 5.75 Å². The molecule has 11 heteroatoms. The molecule has 0 saturated heterocycles. The number of aliphatic carboxylic acids is 1. The fraction of sp³-hybridized carbons (Fsp3) is 0.417. The molecule has 2 N–H and O–H groups in total. The number of hydrogen-bond acceptors (Lipinski definition) is 4. The van der Waals surface area contributed by atoms with Crippen molar-refractivity contribution >= 4 is 46.7 Å². The summed E-state index contributed by atoms with van der Waals surface area (Å²) in [6, 6.07) is 10.1. The molecule has 0 heterocycles. The Morgan fingerprint density at radius 2 is 1.80 bits per heavy atom. The van der Waals surface area contributed by atoms with Crippen molar-refractivity contribution in [3.05, 3.63) is 53.6 Å². The summed E-state index contributed by atoms with van der Waals surface area (Å²) in [5.41, 5.74) is 3.03. The molecule has 0 radical (unpaired) electrons. The van der Waals surface area contributed by atoms with Gasteiger partial charge in [-0.25, -0.2) is 4.79 Å². The van der Waals surface area contributed by atoms with E-state index in [-0.39, 0.29) is 16.4 Å². The van der Waals surface area contributed by atoms with E-state index in [0.717, 1.165) is 23.3 Å².